The molecular weight excluding hydrogens is 685 g/mol. The Morgan fingerprint density at radius 3 is 2.76 bits per heavy atom. The van der Waals surface area contributed by atoms with E-state index in [4.69, 9.17) is 4.74 Å². The number of allylic oxidation sites excluding steroid dienone is 2. The zero-order valence-corrected chi connectivity index (χ0v) is 27.3. The number of likely N-dealkylation sites (N-methyl/N-ethyl adjacent to an activating group) is 1. The lowest BCUT2D eigenvalue weighted by atomic mass is 9.95. The number of fused-ring (bicyclic) bond motifs is 2. The van der Waals surface area contributed by atoms with Crippen molar-refractivity contribution in [2.75, 3.05) is 44.7 Å². The van der Waals surface area contributed by atoms with Crippen LogP contribution in [0.25, 0.3) is 22.2 Å². The molecule has 0 bridgehead atoms. The normalized spacial score (nSPS) is 23.6. The molecule has 4 aliphatic rings. The number of halogens is 7. The topological polar surface area (TPSA) is 90.0 Å². The smallest absolute Gasteiger partial charge is 0.419 e. The van der Waals surface area contributed by atoms with Gasteiger partial charge in [-0.05, 0) is 44.0 Å². The van der Waals surface area contributed by atoms with Crippen molar-refractivity contribution in [1.29, 1.82) is 0 Å². The van der Waals surface area contributed by atoms with E-state index >= 15 is 4.39 Å². The van der Waals surface area contributed by atoms with Crippen LogP contribution >= 0.6 is 0 Å². The van der Waals surface area contributed by atoms with E-state index in [1.165, 1.54) is 16.1 Å². The van der Waals surface area contributed by atoms with E-state index in [9.17, 15) is 31.1 Å². The Morgan fingerprint density at radius 1 is 1.18 bits per heavy atom. The van der Waals surface area contributed by atoms with Gasteiger partial charge in [-0.3, -0.25) is 19.7 Å². The fourth-order valence-corrected chi connectivity index (χ4v) is 7.39. The summed E-state index contributed by atoms with van der Waals surface area (Å²) in [7, 11) is 1.62. The van der Waals surface area contributed by atoms with Gasteiger partial charge >= 0.3 is 12.2 Å². The van der Waals surface area contributed by atoms with Gasteiger partial charge in [0.15, 0.2) is 5.82 Å². The van der Waals surface area contributed by atoms with Gasteiger partial charge < -0.3 is 20.0 Å². The van der Waals surface area contributed by atoms with Gasteiger partial charge in [0, 0.05) is 63.3 Å². The van der Waals surface area contributed by atoms with Crippen molar-refractivity contribution in [3.05, 3.63) is 78.2 Å². The fraction of sp³-hybridized carbons (Fsp3) is 0.412. The van der Waals surface area contributed by atoms with E-state index in [2.05, 4.69) is 20.4 Å². The van der Waals surface area contributed by atoms with Gasteiger partial charge in [-0.1, -0.05) is 12.1 Å². The van der Waals surface area contributed by atoms with Crippen LogP contribution in [0.15, 0.2) is 61.0 Å². The van der Waals surface area contributed by atoms with Crippen LogP contribution < -0.4 is 15.1 Å². The molecule has 4 aliphatic heterocycles. The standard InChI is InChI=1S/C34H33F7N8O2/c1-46(21-8-13-47(17-21)31(50)25(37)18-49-12-3-2-10-43-49)30-23-15-42-28(22-6-4-7-24(36)26(22)34(39,40)41)27(38)29(23)44-32(45-30)51-19-33-9-5-11-48(33)16-20(35)14-33/h2-4,6-7,10,12,15,18,20-21,43H,5,8-9,11,13-14,16-17,19H2,1H3/b25-18-/t20-,21-,33+/m1/s1. The third-order valence-corrected chi connectivity index (χ3v) is 9.89. The summed E-state index contributed by atoms with van der Waals surface area (Å²) in [6, 6.07) is 1.79. The first-order valence-electron chi connectivity index (χ1n) is 16.4. The van der Waals surface area contributed by atoms with Gasteiger partial charge in [0.1, 0.15) is 41.2 Å². The minimum atomic E-state index is -5.16. The van der Waals surface area contributed by atoms with Gasteiger partial charge in [0.2, 0.25) is 5.83 Å². The van der Waals surface area contributed by atoms with Gasteiger partial charge in [-0.15, -0.1) is 0 Å². The number of alkyl halides is 4. The highest BCUT2D eigenvalue weighted by molar-refractivity contribution is 5.93. The van der Waals surface area contributed by atoms with E-state index in [1.54, 1.807) is 30.3 Å². The Hall–Kier alpha value is -4.93. The third kappa shape index (κ3) is 6.54. The number of ether oxygens (including phenoxy) is 1. The quantitative estimate of drug-likeness (QED) is 0.235. The van der Waals surface area contributed by atoms with E-state index in [-0.39, 0.29) is 49.9 Å². The number of hydrogen-bond donors (Lipinski definition) is 1. The van der Waals surface area contributed by atoms with Crippen molar-refractivity contribution in [3.63, 3.8) is 0 Å². The summed E-state index contributed by atoms with van der Waals surface area (Å²) in [5.74, 6) is -4.62. The molecule has 17 heteroatoms. The van der Waals surface area contributed by atoms with Crippen LogP contribution in [-0.2, 0) is 11.0 Å². The highest BCUT2D eigenvalue weighted by Gasteiger charge is 2.49. The molecule has 7 rings (SSSR count). The largest absolute Gasteiger partial charge is 0.461 e. The van der Waals surface area contributed by atoms with Crippen molar-refractivity contribution in [2.24, 2.45) is 0 Å². The first kappa shape index (κ1) is 34.5. The average Bonchev–Trinajstić information content (AvgIpc) is 3.81. The molecule has 1 N–H and O–H groups in total. The number of rotatable bonds is 8. The number of nitrogens with one attached hydrogen (secondary N) is 1. The maximum absolute atomic E-state index is 16.4. The lowest BCUT2D eigenvalue weighted by Gasteiger charge is -2.31. The number of aromatic nitrogens is 3. The monoisotopic (exact) mass is 718 g/mol. The number of anilines is 1. The maximum Gasteiger partial charge on any atom is 0.419 e. The number of carbonyl (C=O) groups excluding carboxylic acids is 1. The lowest BCUT2D eigenvalue weighted by molar-refractivity contribution is -0.139. The van der Waals surface area contributed by atoms with Crippen LogP contribution in [0.1, 0.15) is 31.2 Å². The number of nitrogens with zero attached hydrogens (tertiary/aromatic N) is 7. The second-order valence-corrected chi connectivity index (χ2v) is 13.1. The molecule has 3 atom stereocenters. The molecule has 10 nitrogen and oxygen atoms in total. The third-order valence-electron chi connectivity index (χ3n) is 9.89. The van der Waals surface area contributed by atoms with Crippen LogP contribution in [-0.4, -0.2) is 93.3 Å². The second kappa shape index (κ2) is 13.3. The van der Waals surface area contributed by atoms with Crippen LogP contribution in [0.4, 0.5) is 36.6 Å². The van der Waals surface area contributed by atoms with Crippen molar-refractivity contribution in [2.45, 2.75) is 49.6 Å². The van der Waals surface area contributed by atoms with E-state index < -0.39 is 69.6 Å². The Bertz CT molecular complexity index is 1940. The Balaban J connectivity index is 1.23. The molecule has 0 spiro atoms. The van der Waals surface area contributed by atoms with Crippen LogP contribution in [0.5, 0.6) is 6.01 Å². The zero-order valence-electron chi connectivity index (χ0n) is 27.3. The number of amides is 1. The summed E-state index contributed by atoms with van der Waals surface area (Å²) >= 11 is 0. The number of benzene rings is 1. The molecule has 0 aliphatic carbocycles. The molecule has 1 amide bonds. The van der Waals surface area contributed by atoms with Gasteiger partial charge in [0.05, 0.1) is 17.1 Å². The summed E-state index contributed by atoms with van der Waals surface area (Å²) < 4.78 is 108. The van der Waals surface area contributed by atoms with Crippen molar-refractivity contribution in [1.82, 2.24) is 35.2 Å². The molecule has 3 saturated heterocycles. The SMILES string of the molecule is CN(c1nc(OC[C@@]23CCCN2C[C@H](F)C3)nc2c(F)c(-c3cccc(F)c3C(F)(F)F)ncc12)[C@@H]1CCN(C(=O)/C(F)=C/N2C=CC=CN2)C1. The van der Waals surface area contributed by atoms with Crippen LogP contribution in [0.2, 0.25) is 0 Å². The highest BCUT2D eigenvalue weighted by atomic mass is 19.4. The van der Waals surface area contributed by atoms with E-state index in [1.807, 2.05) is 4.90 Å². The summed E-state index contributed by atoms with van der Waals surface area (Å²) in [6.45, 7) is 1.17. The van der Waals surface area contributed by atoms with Crippen molar-refractivity contribution in [3.8, 4) is 17.3 Å². The molecule has 270 valence electrons. The zero-order chi connectivity index (χ0) is 36.1. The van der Waals surface area contributed by atoms with Gasteiger partial charge in [0.25, 0.3) is 5.91 Å². The maximum atomic E-state index is 16.4. The molecule has 0 unspecified atom stereocenters. The van der Waals surface area contributed by atoms with Gasteiger partial charge in [-0.2, -0.15) is 27.5 Å². The Kier molecular flexibility index (Phi) is 9.01. The average molecular weight is 719 g/mol. The summed E-state index contributed by atoms with van der Waals surface area (Å²) in [5, 5.41) is 1.29. The molecular formula is C34H33F7N8O2. The van der Waals surface area contributed by atoms with Crippen molar-refractivity contribution >= 4 is 22.6 Å². The fourth-order valence-electron chi connectivity index (χ4n) is 7.39. The molecule has 3 aromatic rings. The summed E-state index contributed by atoms with van der Waals surface area (Å²) in [6.07, 6.45) is 4.42. The number of hydrogen-bond acceptors (Lipinski definition) is 9. The first-order chi connectivity index (χ1) is 24.3. The van der Waals surface area contributed by atoms with E-state index in [0.29, 0.717) is 25.5 Å². The molecule has 51 heavy (non-hydrogen) atoms. The molecule has 3 fully saturated rings. The minimum absolute atomic E-state index is 0.00766. The summed E-state index contributed by atoms with van der Waals surface area (Å²) in [5.41, 5.74) is -1.57. The Labute approximate surface area is 287 Å². The minimum Gasteiger partial charge on any atom is -0.461 e. The van der Waals surface area contributed by atoms with E-state index in [0.717, 1.165) is 31.0 Å². The number of carbonyl (C=O) groups is 1. The number of pyridine rings is 1. The first-order valence-corrected chi connectivity index (χ1v) is 16.4. The van der Waals surface area contributed by atoms with Gasteiger partial charge in [-0.25, -0.2) is 13.2 Å². The lowest BCUT2D eigenvalue weighted by Crippen LogP contribution is -2.43. The summed E-state index contributed by atoms with van der Waals surface area (Å²) in [4.78, 5) is 30.7. The second-order valence-electron chi connectivity index (χ2n) is 13.1. The highest BCUT2D eigenvalue weighted by Crippen LogP contribution is 2.42. The molecule has 0 saturated carbocycles. The predicted molar refractivity (Wildman–Crippen MR) is 172 cm³/mol. The van der Waals surface area contributed by atoms with Crippen molar-refractivity contribution < 1.29 is 40.3 Å². The predicted octanol–water partition coefficient (Wildman–Crippen LogP) is 5.64. The Morgan fingerprint density at radius 2 is 2.00 bits per heavy atom. The molecule has 0 radical (unpaired) electrons. The number of likely N-dealkylation sites (tertiary alicyclic amines) is 1. The van der Waals surface area contributed by atoms with Crippen LogP contribution in [0.3, 0.4) is 0 Å². The molecule has 6 heterocycles. The van der Waals surface area contributed by atoms with Crippen LogP contribution in [0, 0.1) is 11.6 Å². The number of hydrazine groups is 1. The molecule has 2 aromatic heterocycles. The molecule has 1 aromatic carbocycles.